The van der Waals surface area contributed by atoms with Crippen LogP contribution in [0.25, 0.3) is 0 Å². The molecule has 4 aromatic carbocycles. The zero-order valence-corrected chi connectivity index (χ0v) is 24.3. The summed E-state index contributed by atoms with van der Waals surface area (Å²) in [6.07, 6.45) is 1.06. The Bertz CT molecular complexity index is 1480. The highest BCUT2D eigenvalue weighted by Gasteiger charge is 2.18. The summed E-state index contributed by atoms with van der Waals surface area (Å²) in [7, 11) is 1.56. The van der Waals surface area contributed by atoms with Crippen LogP contribution in [0.5, 0.6) is 11.5 Å². The van der Waals surface area contributed by atoms with E-state index in [1.54, 1.807) is 55.6 Å². The van der Waals surface area contributed by atoms with Gasteiger partial charge in [0.05, 0.1) is 12.8 Å². The molecule has 0 atom stereocenters. The lowest BCUT2D eigenvalue weighted by atomic mass is 10.1. The van der Waals surface area contributed by atoms with Crippen molar-refractivity contribution in [3.05, 3.63) is 114 Å². The summed E-state index contributed by atoms with van der Waals surface area (Å²) in [4.78, 5) is 30.8. The van der Waals surface area contributed by atoms with Crippen molar-refractivity contribution in [2.75, 3.05) is 48.8 Å². The van der Waals surface area contributed by atoms with E-state index >= 15 is 0 Å². The number of rotatable bonds is 8. The van der Waals surface area contributed by atoms with Crippen LogP contribution in [0.2, 0.25) is 0 Å². The van der Waals surface area contributed by atoms with Crippen molar-refractivity contribution in [3.8, 4) is 11.5 Å². The molecule has 9 heteroatoms. The summed E-state index contributed by atoms with van der Waals surface area (Å²) in [5.74, 6) is -0.272. The van der Waals surface area contributed by atoms with Crippen LogP contribution in [0.1, 0.15) is 32.7 Å². The Kier molecular flexibility index (Phi) is 10.4. The van der Waals surface area contributed by atoms with Gasteiger partial charge in [-0.1, -0.05) is 36.4 Å². The average molecular weight is 587 g/mol. The molecule has 42 heavy (non-hydrogen) atoms. The number of benzene rings is 4. The second kappa shape index (κ2) is 14.4. The van der Waals surface area contributed by atoms with Gasteiger partial charge in [-0.3, -0.25) is 14.5 Å². The van der Waals surface area contributed by atoms with E-state index in [2.05, 4.69) is 44.7 Å². The fourth-order valence-electron chi connectivity index (χ4n) is 4.95. The first-order valence-corrected chi connectivity index (χ1v) is 13.7. The number of carbonyl (C=O) groups excluding carboxylic acids is 2. The molecular formula is C33H35ClN4O4. The highest BCUT2D eigenvalue weighted by molar-refractivity contribution is 6.11. The quantitative estimate of drug-likeness (QED) is 0.218. The first kappa shape index (κ1) is 30.4. The number of phenols is 1. The lowest BCUT2D eigenvalue weighted by Crippen LogP contribution is -2.30. The number of amides is 2. The first-order valence-electron chi connectivity index (χ1n) is 13.7. The lowest BCUT2D eigenvalue weighted by molar-refractivity contribution is 0.101. The second-order valence-corrected chi connectivity index (χ2v) is 9.99. The highest BCUT2D eigenvalue weighted by Crippen LogP contribution is 2.32. The fraction of sp³-hybridized carbons (Fsp3) is 0.212. The molecule has 2 amide bonds. The third-order valence-electron chi connectivity index (χ3n) is 7.21. The normalized spacial score (nSPS) is 13.4. The zero-order valence-electron chi connectivity index (χ0n) is 23.5. The molecule has 218 valence electrons. The molecule has 0 aliphatic carbocycles. The number of nitrogens with one attached hydrogen (secondary N) is 2. The van der Waals surface area contributed by atoms with Crippen LogP contribution in [0.15, 0.2) is 97.1 Å². The summed E-state index contributed by atoms with van der Waals surface area (Å²) in [5, 5.41) is 16.0. The number of phenolic OH excluding ortho intramolecular Hbond substituents is 1. The monoisotopic (exact) mass is 586 g/mol. The van der Waals surface area contributed by atoms with Crippen molar-refractivity contribution >= 4 is 41.3 Å². The molecule has 1 fully saturated rings. The Balaban J connectivity index is 0.00000405. The third-order valence-corrected chi connectivity index (χ3v) is 7.21. The van der Waals surface area contributed by atoms with Crippen LogP contribution in [0.4, 0.5) is 17.1 Å². The smallest absolute Gasteiger partial charge is 0.255 e. The van der Waals surface area contributed by atoms with Crippen LogP contribution in [-0.2, 0) is 6.54 Å². The minimum absolute atomic E-state index is 0. The van der Waals surface area contributed by atoms with Crippen molar-refractivity contribution in [1.29, 1.82) is 0 Å². The number of hydrogen-bond donors (Lipinski definition) is 3. The largest absolute Gasteiger partial charge is 0.506 e. The number of anilines is 3. The number of halogens is 1. The maximum atomic E-state index is 13.1. The van der Waals surface area contributed by atoms with Gasteiger partial charge >= 0.3 is 0 Å². The van der Waals surface area contributed by atoms with E-state index in [1.807, 2.05) is 18.2 Å². The molecular weight excluding hydrogens is 552 g/mol. The van der Waals surface area contributed by atoms with Gasteiger partial charge < -0.3 is 25.4 Å². The Labute approximate surface area is 252 Å². The Morgan fingerprint density at radius 2 is 1.43 bits per heavy atom. The molecule has 8 nitrogen and oxygen atoms in total. The molecule has 1 aliphatic heterocycles. The number of ether oxygens (including phenoxy) is 1. The van der Waals surface area contributed by atoms with Gasteiger partial charge in [0.1, 0.15) is 17.2 Å². The van der Waals surface area contributed by atoms with Crippen molar-refractivity contribution in [3.63, 3.8) is 0 Å². The van der Waals surface area contributed by atoms with Crippen molar-refractivity contribution < 1.29 is 19.4 Å². The summed E-state index contributed by atoms with van der Waals surface area (Å²) < 4.78 is 5.14. The highest BCUT2D eigenvalue weighted by atomic mass is 35.5. The molecule has 3 N–H and O–H groups in total. The lowest BCUT2D eigenvalue weighted by Gasteiger charge is -2.24. The van der Waals surface area contributed by atoms with Crippen LogP contribution in [-0.4, -0.2) is 55.1 Å². The second-order valence-electron chi connectivity index (χ2n) is 9.99. The fourth-order valence-corrected chi connectivity index (χ4v) is 4.95. The van der Waals surface area contributed by atoms with Crippen LogP contribution in [0.3, 0.4) is 0 Å². The molecule has 0 saturated carbocycles. The SMILES string of the molecule is COc1ccc(C(=O)Nc2cccc(O)c2NC(=O)c2ccc(N3CCCN(Cc4ccccc4)CC3)cc2)cc1.Cl. The van der Waals surface area contributed by atoms with Crippen molar-refractivity contribution in [2.45, 2.75) is 13.0 Å². The summed E-state index contributed by atoms with van der Waals surface area (Å²) >= 11 is 0. The van der Waals surface area contributed by atoms with Gasteiger partial charge in [0.15, 0.2) is 0 Å². The molecule has 0 unspecified atom stereocenters. The Morgan fingerprint density at radius 3 is 2.12 bits per heavy atom. The van der Waals surface area contributed by atoms with E-state index in [9.17, 15) is 14.7 Å². The van der Waals surface area contributed by atoms with Crippen molar-refractivity contribution in [1.82, 2.24) is 4.90 Å². The summed E-state index contributed by atoms with van der Waals surface area (Å²) in [6, 6.07) is 29.4. The number of hydrogen-bond acceptors (Lipinski definition) is 6. The summed E-state index contributed by atoms with van der Waals surface area (Å²) in [6.45, 7) is 4.82. The van der Waals surface area contributed by atoms with Gasteiger partial charge in [-0.05, 0) is 72.6 Å². The topological polar surface area (TPSA) is 94.1 Å². The molecule has 4 aromatic rings. The molecule has 1 heterocycles. The van der Waals surface area contributed by atoms with Gasteiger partial charge in [-0.15, -0.1) is 12.4 Å². The summed E-state index contributed by atoms with van der Waals surface area (Å²) in [5.41, 5.74) is 3.68. The van der Waals surface area contributed by atoms with Gasteiger partial charge in [-0.25, -0.2) is 0 Å². The van der Waals surface area contributed by atoms with E-state index < -0.39 is 0 Å². The van der Waals surface area contributed by atoms with Gasteiger partial charge in [0.2, 0.25) is 0 Å². The van der Waals surface area contributed by atoms with Crippen molar-refractivity contribution in [2.24, 2.45) is 0 Å². The minimum atomic E-state index is -0.386. The molecule has 0 spiro atoms. The average Bonchev–Trinajstić information content (AvgIpc) is 3.25. The Morgan fingerprint density at radius 1 is 0.762 bits per heavy atom. The van der Waals surface area contributed by atoms with Crippen LogP contribution >= 0.6 is 12.4 Å². The van der Waals surface area contributed by atoms with Gasteiger partial charge in [0, 0.05) is 49.5 Å². The van der Waals surface area contributed by atoms with E-state index in [1.165, 1.54) is 11.6 Å². The Hall–Kier alpha value is -4.53. The van der Waals surface area contributed by atoms with Gasteiger partial charge in [0.25, 0.3) is 11.8 Å². The standard InChI is InChI=1S/C33H34N4O4.ClH/c1-41-28-17-13-26(14-18-28)32(39)34-29-9-5-10-30(38)31(29)35-33(40)25-11-15-27(16-12-25)37-20-6-19-36(21-22-37)23-24-7-3-2-4-8-24;/h2-5,7-18,38H,6,19-23H2,1H3,(H,34,39)(H,35,40);1H. The third kappa shape index (κ3) is 7.60. The van der Waals surface area contributed by atoms with Crippen LogP contribution in [0, 0.1) is 0 Å². The van der Waals surface area contributed by atoms with E-state index in [0.29, 0.717) is 22.6 Å². The molecule has 0 aromatic heterocycles. The first-order chi connectivity index (χ1) is 20.0. The predicted octanol–water partition coefficient (Wildman–Crippen LogP) is 6.04. The number of carbonyl (C=O) groups is 2. The number of nitrogens with zero attached hydrogens (tertiary/aromatic N) is 2. The molecule has 1 saturated heterocycles. The van der Waals surface area contributed by atoms with E-state index in [-0.39, 0.29) is 35.7 Å². The zero-order chi connectivity index (χ0) is 28.6. The maximum absolute atomic E-state index is 13.1. The predicted molar refractivity (Wildman–Crippen MR) is 169 cm³/mol. The molecule has 0 radical (unpaired) electrons. The van der Waals surface area contributed by atoms with E-state index in [0.717, 1.165) is 44.8 Å². The van der Waals surface area contributed by atoms with E-state index in [4.69, 9.17) is 4.74 Å². The molecule has 1 aliphatic rings. The molecule has 5 rings (SSSR count). The van der Waals surface area contributed by atoms with Crippen LogP contribution < -0.4 is 20.3 Å². The number of methoxy groups -OCH3 is 1. The van der Waals surface area contributed by atoms with Gasteiger partial charge in [-0.2, -0.15) is 0 Å². The number of aromatic hydroxyl groups is 1. The number of para-hydroxylation sites is 1. The molecule has 0 bridgehead atoms. The maximum Gasteiger partial charge on any atom is 0.255 e. The minimum Gasteiger partial charge on any atom is -0.506 e.